The Balaban J connectivity index is 3.06. The molecule has 1 atom stereocenters. The number of aliphatic hydroxyl groups is 1. The summed E-state index contributed by atoms with van der Waals surface area (Å²) in [5.74, 6) is -0.623. The first-order valence-corrected chi connectivity index (χ1v) is 6.79. The molecule has 1 aromatic rings. The van der Waals surface area contributed by atoms with E-state index >= 15 is 0 Å². The summed E-state index contributed by atoms with van der Waals surface area (Å²) in [5, 5.41) is 7.97. The highest BCUT2D eigenvalue weighted by Gasteiger charge is 2.28. The highest BCUT2D eigenvalue weighted by molar-refractivity contribution is 7.92. The van der Waals surface area contributed by atoms with Crippen LogP contribution in [0.1, 0.15) is 10.4 Å². The Morgan fingerprint density at radius 1 is 1.38 bits per heavy atom. The lowest BCUT2D eigenvalue weighted by Gasteiger charge is -2.10. The number of rotatable bonds is 4. The number of carbonyl (C=O) groups excluding carboxylic acids is 1. The monoisotopic (exact) mass is 262 g/mol. The third-order valence-electron chi connectivity index (χ3n) is 2.10. The summed E-state index contributed by atoms with van der Waals surface area (Å²) in [6.07, 6.45) is 0.918. The van der Waals surface area contributed by atoms with Crippen LogP contribution in [-0.2, 0) is 9.84 Å². The van der Waals surface area contributed by atoms with Gasteiger partial charge in [-0.1, -0.05) is 11.6 Å². The number of hydrogen-bond acceptors (Lipinski definition) is 4. The van der Waals surface area contributed by atoms with Crippen LogP contribution < -0.4 is 0 Å². The second-order valence-electron chi connectivity index (χ2n) is 3.37. The van der Waals surface area contributed by atoms with Crippen molar-refractivity contribution in [1.29, 1.82) is 0 Å². The van der Waals surface area contributed by atoms with Crippen LogP contribution in [0, 0.1) is 0 Å². The minimum Gasteiger partial charge on any atom is -0.395 e. The van der Waals surface area contributed by atoms with Crippen LogP contribution in [0.3, 0.4) is 0 Å². The van der Waals surface area contributed by atoms with Crippen LogP contribution in [0.4, 0.5) is 0 Å². The molecule has 0 aromatic heterocycles. The fourth-order valence-electron chi connectivity index (χ4n) is 1.21. The van der Waals surface area contributed by atoms with Crippen molar-refractivity contribution in [3.63, 3.8) is 0 Å². The lowest BCUT2D eigenvalue weighted by atomic mass is 10.1. The number of sulfone groups is 1. The minimum absolute atomic E-state index is 0.217. The summed E-state index contributed by atoms with van der Waals surface area (Å²) in [4.78, 5) is 11.8. The van der Waals surface area contributed by atoms with Gasteiger partial charge in [-0.2, -0.15) is 0 Å². The molecule has 0 fully saturated rings. The van der Waals surface area contributed by atoms with Crippen LogP contribution in [0.15, 0.2) is 24.3 Å². The normalized spacial score (nSPS) is 13.4. The Kier molecular flexibility index (Phi) is 4.07. The molecule has 4 nitrogen and oxygen atoms in total. The molecule has 0 radical (unpaired) electrons. The van der Waals surface area contributed by atoms with Gasteiger partial charge in [0.2, 0.25) is 0 Å². The standard InChI is InChI=1S/C10H11ClO4S/c1-16(14,15)9(6-12)10(13)7-2-4-8(11)5-3-7/h2-5,9,12H,6H2,1H3/t9-/m1/s1. The molecular formula is C10H11ClO4S. The number of hydrogen-bond donors (Lipinski definition) is 1. The lowest BCUT2D eigenvalue weighted by molar-refractivity contribution is 0.0962. The van der Waals surface area contributed by atoms with E-state index in [1.165, 1.54) is 24.3 Å². The molecule has 0 heterocycles. The van der Waals surface area contributed by atoms with Crippen molar-refractivity contribution in [1.82, 2.24) is 0 Å². The van der Waals surface area contributed by atoms with Crippen molar-refractivity contribution in [2.45, 2.75) is 5.25 Å². The summed E-state index contributed by atoms with van der Waals surface area (Å²) in [7, 11) is -3.61. The first kappa shape index (κ1) is 13.2. The molecule has 0 saturated carbocycles. The zero-order chi connectivity index (χ0) is 12.3. The van der Waals surface area contributed by atoms with Gasteiger partial charge >= 0.3 is 0 Å². The fraction of sp³-hybridized carbons (Fsp3) is 0.300. The van der Waals surface area contributed by atoms with Crippen molar-refractivity contribution in [3.8, 4) is 0 Å². The maximum Gasteiger partial charge on any atom is 0.183 e. The van der Waals surface area contributed by atoms with Gasteiger partial charge in [-0.05, 0) is 24.3 Å². The lowest BCUT2D eigenvalue weighted by Crippen LogP contribution is -2.33. The van der Waals surface area contributed by atoms with Crippen LogP contribution >= 0.6 is 11.6 Å². The highest BCUT2D eigenvalue weighted by atomic mass is 35.5. The van der Waals surface area contributed by atoms with Gasteiger partial charge < -0.3 is 5.11 Å². The van der Waals surface area contributed by atoms with E-state index in [0.29, 0.717) is 5.02 Å². The number of benzene rings is 1. The predicted molar refractivity (Wildman–Crippen MR) is 61.5 cm³/mol. The van der Waals surface area contributed by atoms with E-state index in [2.05, 4.69) is 0 Å². The summed E-state index contributed by atoms with van der Waals surface area (Å²) in [6.45, 7) is -0.722. The van der Waals surface area contributed by atoms with Crippen molar-refractivity contribution in [2.24, 2.45) is 0 Å². The number of aliphatic hydroxyl groups excluding tert-OH is 1. The van der Waals surface area contributed by atoms with E-state index in [0.717, 1.165) is 6.26 Å². The van der Waals surface area contributed by atoms with E-state index in [4.69, 9.17) is 16.7 Å². The summed E-state index contributed by atoms with van der Waals surface area (Å²) in [6, 6.07) is 5.84. The van der Waals surface area contributed by atoms with Crippen LogP contribution in [0.2, 0.25) is 5.02 Å². The third kappa shape index (κ3) is 3.04. The molecule has 88 valence electrons. The van der Waals surface area contributed by atoms with Crippen LogP contribution in [-0.4, -0.2) is 37.4 Å². The molecule has 0 amide bonds. The first-order valence-electron chi connectivity index (χ1n) is 4.45. The Morgan fingerprint density at radius 2 is 1.88 bits per heavy atom. The van der Waals surface area contributed by atoms with Gasteiger partial charge in [-0.3, -0.25) is 4.79 Å². The molecule has 1 N–H and O–H groups in total. The Labute approximate surface area is 98.8 Å². The maximum atomic E-state index is 11.8. The minimum atomic E-state index is -3.61. The van der Waals surface area contributed by atoms with Crippen molar-refractivity contribution >= 4 is 27.2 Å². The van der Waals surface area contributed by atoms with Gasteiger partial charge in [0.15, 0.2) is 15.6 Å². The van der Waals surface area contributed by atoms with Gasteiger partial charge in [-0.25, -0.2) is 8.42 Å². The molecule has 0 unspecified atom stereocenters. The maximum absolute atomic E-state index is 11.8. The molecule has 0 aliphatic heterocycles. The second kappa shape index (κ2) is 4.95. The topological polar surface area (TPSA) is 71.4 Å². The Bertz CT molecular complexity index is 478. The highest BCUT2D eigenvalue weighted by Crippen LogP contribution is 2.13. The number of ketones is 1. The predicted octanol–water partition coefficient (Wildman–Crippen LogP) is 0.928. The average Bonchev–Trinajstić information content (AvgIpc) is 2.17. The van der Waals surface area contributed by atoms with Crippen molar-refractivity contribution in [3.05, 3.63) is 34.9 Å². The Hall–Kier alpha value is -0.910. The Morgan fingerprint density at radius 3 is 2.25 bits per heavy atom. The summed E-state index contributed by atoms with van der Waals surface area (Å²) in [5.41, 5.74) is 0.217. The first-order chi connectivity index (χ1) is 7.36. The number of Topliss-reactive ketones (excluding diaryl/α,β-unsaturated/α-hetero) is 1. The van der Waals surface area contributed by atoms with Gasteiger partial charge in [0.1, 0.15) is 5.25 Å². The average molecular weight is 263 g/mol. The van der Waals surface area contributed by atoms with Gasteiger partial charge in [0, 0.05) is 16.8 Å². The van der Waals surface area contributed by atoms with Gasteiger partial charge in [0.25, 0.3) is 0 Å². The van der Waals surface area contributed by atoms with E-state index in [1.54, 1.807) is 0 Å². The number of carbonyl (C=O) groups is 1. The third-order valence-corrected chi connectivity index (χ3v) is 3.75. The smallest absolute Gasteiger partial charge is 0.183 e. The van der Waals surface area contributed by atoms with Crippen LogP contribution in [0.25, 0.3) is 0 Å². The van der Waals surface area contributed by atoms with E-state index < -0.39 is 27.5 Å². The molecule has 0 aliphatic rings. The zero-order valence-electron chi connectivity index (χ0n) is 8.55. The molecule has 0 bridgehead atoms. The molecule has 16 heavy (non-hydrogen) atoms. The molecule has 1 rings (SSSR count). The molecule has 0 saturated heterocycles. The largest absolute Gasteiger partial charge is 0.395 e. The van der Waals surface area contributed by atoms with Crippen molar-refractivity contribution < 1.29 is 18.3 Å². The fourth-order valence-corrected chi connectivity index (χ4v) is 2.13. The summed E-state index contributed by atoms with van der Waals surface area (Å²) >= 11 is 5.64. The second-order valence-corrected chi connectivity index (χ2v) is 6.04. The summed E-state index contributed by atoms with van der Waals surface area (Å²) < 4.78 is 22.5. The molecular weight excluding hydrogens is 252 g/mol. The van der Waals surface area contributed by atoms with E-state index in [-0.39, 0.29) is 5.56 Å². The quantitative estimate of drug-likeness (QED) is 0.820. The van der Waals surface area contributed by atoms with Crippen LogP contribution in [0.5, 0.6) is 0 Å². The van der Waals surface area contributed by atoms with E-state index in [9.17, 15) is 13.2 Å². The van der Waals surface area contributed by atoms with Gasteiger partial charge in [0.05, 0.1) is 6.61 Å². The number of halogens is 1. The molecule has 1 aromatic carbocycles. The molecule has 0 spiro atoms. The van der Waals surface area contributed by atoms with Crippen molar-refractivity contribution in [2.75, 3.05) is 12.9 Å². The SMILES string of the molecule is CS(=O)(=O)[C@H](CO)C(=O)c1ccc(Cl)cc1. The molecule has 6 heteroatoms. The van der Waals surface area contributed by atoms with Gasteiger partial charge in [-0.15, -0.1) is 0 Å². The molecule has 0 aliphatic carbocycles. The van der Waals surface area contributed by atoms with E-state index in [1.807, 2.05) is 0 Å². The zero-order valence-corrected chi connectivity index (χ0v) is 10.1.